The zero-order valence-electron chi connectivity index (χ0n) is 17.1. The summed E-state index contributed by atoms with van der Waals surface area (Å²) in [6.07, 6.45) is 2.36. The highest BCUT2D eigenvalue weighted by molar-refractivity contribution is 7.09. The molecule has 0 saturated carbocycles. The second-order valence-electron chi connectivity index (χ2n) is 7.69. The van der Waals surface area contributed by atoms with Crippen LogP contribution in [0.1, 0.15) is 23.4 Å². The molecule has 7 heteroatoms. The smallest absolute Gasteiger partial charge is 0.220 e. The van der Waals surface area contributed by atoms with Crippen molar-refractivity contribution in [3.8, 4) is 17.1 Å². The zero-order valence-corrected chi connectivity index (χ0v) is 17.9. The number of ether oxygens (including phenoxy) is 1. The molecule has 1 aliphatic rings. The minimum Gasteiger partial charge on any atom is -0.497 e. The van der Waals surface area contributed by atoms with E-state index in [2.05, 4.69) is 15.8 Å². The Morgan fingerprint density at radius 3 is 2.93 bits per heavy atom. The SMILES string of the molecule is COc1ccc(-c2cc(CC3CNCCC3CC(=O)NCc3cccs3)no2)cc1. The molecule has 4 rings (SSSR count). The summed E-state index contributed by atoms with van der Waals surface area (Å²) >= 11 is 1.67. The van der Waals surface area contributed by atoms with E-state index in [9.17, 15) is 4.79 Å². The fourth-order valence-corrected chi connectivity index (χ4v) is 4.61. The Hall–Kier alpha value is -2.64. The van der Waals surface area contributed by atoms with E-state index in [1.807, 2.05) is 47.8 Å². The van der Waals surface area contributed by atoms with Crippen LogP contribution in [0.3, 0.4) is 0 Å². The summed E-state index contributed by atoms with van der Waals surface area (Å²) in [5.74, 6) is 2.39. The normalized spacial score (nSPS) is 18.8. The molecule has 2 N–H and O–H groups in total. The van der Waals surface area contributed by atoms with E-state index in [1.165, 1.54) is 4.88 Å². The lowest BCUT2D eigenvalue weighted by atomic mass is 9.81. The van der Waals surface area contributed by atoms with Gasteiger partial charge in [0.25, 0.3) is 0 Å². The minimum absolute atomic E-state index is 0.124. The summed E-state index contributed by atoms with van der Waals surface area (Å²) in [6.45, 7) is 2.46. The molecule has 3 heterocycles. The first kappa shape index (κ1) is 20.6. The van der Waals surface area contributed by atoms with Crippen molar-refractivity contribution in [1.82, 2.24) is 15.8 Å². The van der Waals surface area contributed by atoms with Gasteiger partial charge in [0, 0.05) is 22.9 Å². The summed E-state index contributed by atoms with van der Waals surface area (Å²) in [6, 6.07) is 13.8. The van der Waals surface area contributed by atoms with Crippen LogP contribution in [0.2, 0.25) is 0 Å². The van der Waals surface area contributed by atoms with Gasteiger partial charge in [-0.2, -0.15) is 0 Å². The first-order chi connectivity index (χ1) is 14.7. The molecule has 6 nitrogen and oxygen atoms in total. The number of rotatable bonds is 8. The third kappa shape index (κ3) is 5.29. The Labute approximate surface area is 180 Å². The van der Waals surface area contributed by atoms with Crippen LogP contribution in [0.25, 0.3) is 11.3 Å². The van der Waals surface area contributed by atoms with Gasteiger partial charge in [-0.25, -0.2) is 0 Å². The molecule has 2 aromatic heterocycles. The number of methoxy groups -OCH3 is 1. The van der Waals surface area contributed by atoms with Gasteiger partial charge < -0.3 is 19.9 Å². The van der Waals surface area contributed by atoms with Crippen LogP contribution in [0.15, 0.2) is 52.4 Å². The number of amides is 1. The number of hydrogen-bond acceptors (Lipinski definition) is 6. The predicted molar refractivity (Wildman–Crippen MR) is 117 cm³/mol. The Balaban J connectivity index is 1.35. The Kier molecular flexibility index (Phi) is 6.81. The van der Waals surface area contributed by atoms with E-state index in [0.29, 0.717) is 24.8 Å². The van der Waals surface area contributed by atoms with Crippen LogP contribution in [0.5, 0.6) is 5.75 Å². The van der Waals surface area contributed by atoms with Gasteiger partial charge in [-0.3, -0.25) is 4.79 Å². The van der Waals surface area contributed by atoms with E-state index < -0.39 is 0 Å². The van der Waals surface area contributed by atoms with Crippen LogP contribution in [0.4, 0.5) is 0 Å². The highest BCUT2D eigenvalue weighted by Crippen LogP contribution is 2.28. The highest BCUT2D eigenvalue weighted by Gasteiger charge is 2.28. The molecular weight excluding hydrogens is 398 g/mol. The van der Waals surface area contributed by atoms with Gasteiger partial charge in [0.1, 0.15) is 5.75 Å². The molecule has 0 spiro atoms. The lowest BCUT2D eigenvalue weighted by molar-refractivity contribution is -0.122. The third-order valence-corrected chi connectivity index (χ3v) is 6.53. The summed E-state index contributed by atoms with van der Waals surface area (Å²) in [5, 5.41) is 12.8. The molecule has 158 valence electrons. The van der Waals surface area contributed by atoms with E-state index in [1.54, 1.807) is 18.4 Å². The highest BCUT2D eigenvalue weighted by atomic mass is 32.1. The number of aromatic nitrogens is 1. The monoisotopic (exact) mass is 425 g/mol. The molecule has 1 fully saturated rings. The maximum absolute atomic E-state index is 12.5. The summed E-state index contributed by atoms with van der Waals surface area (Å²) in [4.78, 5) is 13.7. The quantitative estimate of drug-likeness (QED) is 0.573. The number of hydrogen-bond donors (Lipinski definition) is 2. The molecule has 0 aliphatic carbocycles. The van der Waals surface area contributed by atoms with E-state index >= 15 is 0 Å². The van der Waals surface area contributed by atoms with Crippen molar-refractivity contribution < 1.29 is 14.1 Å². The van der Waals surface area contributed by atoms with Crippen molar-refractivity contribution in [1.29, 1.82) is 0 Å². The molecule has 30 heavy (non-hydrogen) atoms. The van der Waals surface area contributed by atoms with Crippen LogP contribution < -0.4 is 15.4 Å². The Morgan fingerprint density at radius 1 is 1.30 bits per heavy atom. The summed E-state index contributed by atoms with van der Waals surface area (Å²) in [7, 11) is 1.65. The number of thiophene rings is 1. The number of carbonyl (C=O) groups is 1. The van der Waals surface area contributed by atoms with Gasteiger partial charge in [-0.1, -0.05) is 11.2 Å². The Morgan fingerprint density at radius 2 is 2.17 bits per heavy atom. The molecule has 2 unspecified atom stereocenters. The number of nitrogens with one attached hydrogen (secondary N) is 2. The standard InChI is InChI=1S/C23H27N3O3S/c1-28-20-6-4-16(5-7-20)22-13-19(26-29-22)11-18-14-24-9-8-17(18)12-23(27)25-15-21-3-2-10-30-21/h2-7,10,13,17-18,24H,8-9,11-12,14-15H2,1H3,(H,25,27). The molecule has 1 aromatic carbocycles. The molecular formula is C23H27N3O3S. The van der Waals surface area contributed by atoms with Gasteiger partial charge in [0.2, 0.25) is 5.91 Å². The van der Waals surface area contributed by atoms with Crippen molar-refractivity contribution in [2.24, 2.45) is 11.8 Å². The molecule has 0 bridgehead atoms. The fraction of sp³-hybridized carbons (Fsp3) is 0.391. The average molecular weight is 426 g/mol. The molecule has 1 amide bonds. The van der Waals surface area contributed by atoms with Gasteiger partial charge in [0.05, 0.1) is 19.3 Å². The molecule has 1 aliphatic heterocycles. The summed E-state index contributed by atoms with van der Waals surface area (Å²) < 4.78 is 10.8. The minimum atomic E-state index is 0.124. The van der Waals surface area contributed by atoms with E-state index in [0.717, 1.165) is 48.7 Å². The van der Waals surface area contributed by atoms with Gasteiger partial charge in [0.15, 0.2) is 5.76 Å². The molecule has 0 radical (unpaired) electrons. The van der Waals surface area contributed by atoms with Crippen molar-refractivity contribution in [3.05, 3.63) is 58.4 Å². The molecule has 1 saturated heterocycles. The predicted octanol–water partition coefficient (Wildman–Crippen LogP) is 3.89. The third-order valence-electron chi connectivity index (χ3n) is 5.66. The lowest BCUT2D eigenvalue weighted by Crippen LogP contribution is -2.40. The number of nitrogens with zero attached hydrogens (tertiary/aromatic N) is 1. The maximum Gasteiger partial charge on any atom is 0.220 e. The van der Waals surface area contributed by atoms with E-state index in [4.69, 9.17) is 9.26 Å². The van der Waals surface area contributed by atoms with Crippen LogP contribution in [-0.2, 0) is 17.8 Å². The van der Waals surface area contributed by atoms with Crippen LogP contribution in [-0.4, -0.2) is 31.3 Å². The fourth-order valence-electron chi connectivity index (χ4n) is 3.96. The second-order valence-corrected chi connectivity index (χ2v) is 8.72. The maximum atomic E-state index is 12.5. The van der Waals surface area contributed by atoms with Crippen molar-refractivity contribution in [3.63, 3.8) is 0 Å². The average Bonchev–Trinajstić information content (AvgIpc) is 3.46. The first-order valence-electron chi connectivity index (χ1n) is 10.3. The molecule has 3 aromatic rings. The number of piperidine rings is 1. The largest absolute Gasteiger partial charge is 0.497 e. The van der Waals surface area contributed by atoms with Crippen molar-refractivity contribution in [2.45, 2.75) is 25.8 Å². The lowest BCUT2D eigenvalue weighted by Gasteiger charge is -2.31. The number of carbonyl (C=O) groups excluding carboxylic acids is 1. The molecule has 2 atom stereocenters. The van der Waals surface area contributed by atoms with Crippen molar-refractivity contribution in [2.75, 3.05) is 20.2 Å². The summed E-state index contributed by atoms with van der Waals surface area (Å²) in [5.41, 5.74) is 1.90. The second kappa shape index (κ2) is 9.91. The zero-order chi connectivity index (χ0) is 20.8. The van der Waals surface area contributed by atoms with Crippen LogP contribution in [0, 0.1) is 11.8 Å². The van der Waals surface area contributed by atoms with Gasteiger partial charge >= 0.3 is 0 Å². The Bertz CT molecular complexity index is 937. The van der Waals surface area contributed by atoms with E-state index in [-0.39, 0.29) is 5.91 Å². The van der Waals surface area contributed by atoms with Crippen molar-refractivity contribution >= 4 is 17.2 Å². The van der Waals surface area contributed by atoms with Gasteiger partial charge in [-0.15, -0.1) is 11.3 Å². The van der Waals surface area contributed by atoms with Gasteiger partial charge in [-0.05, 0) is 73.5 Å². The topological polar surface area (TPSA) is 76.4 Å². The van der Waals surface area contributed by atoms with Crippen LogP contribution >= 0.6 is 11.3 Å². The first-order valence-corrected chi connectivity index (χ1v) is 11.2. The number of benzene rings is 1.